The third-order valence-electron chi connectivity index (χ3n) is 4.69. The molecule has 3 atom stereocenters. The van der Waals surface area contributed by atoms with Gasteiger partial charge in [-0.15, -0.1) is 0 Å². The lowest BCUT2D eigenvalue weighted by atomic mass is 9.94. The predicted molar refractivity (Wildman–Crippen MR) is 96.9 cm³/mol. The van der Waals surface area contributed by atoms with E-state index in [-0.39, 0.29) is 18.4 Å². The van der Waals surface area contributed by atoms with Gasteiger partial charge in [-0.3, -0.25) is 4.79 Å². The summed E-state index contributed by atoms with van der Waals surface area (Å²) in [7, 11) is 0. The number of nitrogens with one attached hydrogen (secondary N) is 1. The molecular weight excluding hydrogens is 314 g/mol. The van der Waals surface area contributed by atoms with Gasteiger partial charge in [-0.2, -0.15) is 0 Å². The van der Waals surface area contributed by atoms with Crippen molar-refractivity contribution in [2.75, 3.05) is 13.2 Å². The number of carbonyl (C=O) groups is 1. The maximum atomic E-state index is 12.5. The number of amides is 1. The van der Waals surface area contributed by atoms with Gasteiger partial charge < -0.3 is 15.2 Å². The van der Waals surface area contributed by atoms with Gasteiger partial charge in [-0.05, 0) is 29.9 Å². The zero-order valence-electron chi connectivity index (χ0n) is 14.3. The molecular formula is C21H25NO3. The second-order valence-electron chi connectivity index (χ2n) is 6.63. The first-order chi connectivity index (χ1) is 12.2. The summed E-state index contributed by atoms with van der Waals surface area (Å²) in [5.41, 5.74) is 1.86. The van der Waals surface area contributed by atoms with Gasteiger partial charge in [0.1, 0.15) is 0 Å². The molecule has 3 rings (SSSR count). The van der Waals surface area contributed by atoms with Gasteiger partial charge in [0.15, 0.2) is 0 Å². The lowest BCUT2D eigenvalue weighted by Gasteiger charge is -2.23. The van der Waals surface area contributed by atoms with Crippen LogP contribution in [-0.4, -0.2) is 24.2 Å². The smallest absolute Gasteiger partial charge is 0.223 e. The summed E-state index contributed by atoms with van der Waals surface area (Å²) in [6.07, 6.45) is 1.17. The molecule has 3 unspecified atom stereocenters. The second kappa shape index (κ2) is 8.79. The largest absolute Gasteiger partial charge is 0.388 e. The molecule has 4 heteroatoms. The quantitative estimate of drug-likeness (QED) is 0.813. The number of aliphatic hydroxyl groups is 1. The molecule has 0 radical (unpaired) electrons. The zero-order chi connectivity index (χ0) is 17.5. The Morgan fingerprint density at radius 1 is 1.08 bits per heavy atom. The molecule has 1 aliphatic heterocycles. The molecule has 2 aromatic carbocycles. The summed E-state index contributed by atoms with van der Waals surface area (Å²) in [6.45, 7) is 1.55. The number of carbonyl (C=O) groups excluding carboxylic acids is 1. The monoisotopic (exact) mass is 339 g/mol. The van der Waals surface area contributed by atoms with Crippen molar-refractivity contribution in [3.05, 3.63) is 71.8 Å². The molecule has 1 amide bonds. The highest BCUT2D eigenvalue weighted by atomic mass is 16.5. The van der Waals surface area contributed by atoms with Crippen LogP contribution in [0.3, 0.4) is 0 Å². The molecule has 0 spiro atoms. The second-order valence-corrected chi connectivity index (χ2v) is 6.63. The highest BCUT2D eigenvalue weighted by molar-refractivity contribution is 5.77. The summed E-state index contributed by atoms with van der Waals surface area (Å²) in [5, 5.41) is 13.4. The number of aliphatic hydroxyl groups excluding tert-OH is 1. The van der Waals surface area contributed by atoms with E-state index in [0.717, 1.165) is 37.2 Å². The Morgan fingerprint density at radius 2 is 1.72 bits per heavy atom. The molecule has 0 bridgehead atoms. The van der Waals surface area contributed by atoms with Gasteiger partial charge in [0, 0.05) is 13.2 Å². The van der Waals surface area contributed by atoms with E-state index < -0.39 is 6.10 Å². The summed E-state index contributed by atoms with van der Waals surface area (Å²) < 4.78 is 5.47. The van der Waals surface area contributed by atoms with E-state index in [2.05, 4.69) is 5.32 Å². The average Bonchev–Trinajstić information content (AvgIpc) is 3.16. The minimum Gasteiger partial charge on any atom is -0.388 e. The van der Waals surface area contributed by atoms with Crippen molar-refractivity contribution in [3.8, 4) is 0 Å². The summed E-state index contributed by atoms with van der Waals surface area (Å²) >= 11 is 0. The number of rotatable bonds is 7. The summed E-state index contributed by atoms with van der Waals surface area (Å²) in [6, 6.07) is 19.3. The first kappa shape index (κ1) is 17.6. The van der Waals surface area contributed by atoms with Gasteiger partial charge in [0.25, 0.3) is 0 Å². The van der Waals surface area contributed by atoms with Gasteiger partial charge in [0.05, 0.1) is 18.6 Å². The molecule has 25 heavy (non-hydrogen) atoms. The van der Waals surface area contributed by atoms with Crippen LogP contribution < -0.4 is 5.32 Å². The molecule has 2 N–H and O–H groups in total. The van der Waals surface area contributed by atoms with Crippen LogP contribution in [0.15, 0.2) is 60.7 Å². The molecule has 1 saturated heterocycles. The van der Waals surface area contributed by atoms with E-state index in [1.54, 1.807) is 0 Å². The molecule has 132 valence electrons. The molecule has 1 heterocycles. The van der Waals surface area contributed by atoms with E-state index in [9.17, 15) is 9.90 Å². The fourth-order valence-electron chi connectivity index (χ4n) is 3.29. The summed E-state index contributed by atoms with van der Waals surface area (Å²) in [5.74, 6) is 0.327. The van der Waals surface area contributed by atoms with E-state index in [1.165, 1.54) is 0 Å². The van der Waals surface area contributed by atoms with E-state index >= 15 is 0 Å². The predicted octanol–water partition coefficient (Wildman–Crippen LogP) is 3.39. The Morgan fingerprint density at radius 3 is 2.32 bits per heavy atom. The first-order valence-corrected chi connectivity index (χ1v) is 8.87. The van der Waals surface area contributed by atoms with Crippen molar-refractivity contribution in [3.63, 3.8) is 0 Å². The lowest BCUT2D eigenvalue weighted by Crippen LogP contribution is -2.31. The SMILES string of the molecule is O=C(CC(O)c1ccccc1)NC(CC1CCOC1)c1ccccc1. The molecule has 1 fully saturated rings. The van der Waals surface area contributed by atoms with Gasteiger partial charge in [-0.1, -0.05) is 60.7 Å². The molecule has 0 aromatic heterocycles. The maximum absolute atomic E-state index is 12.5. The minimum atomic E-state index is -0.785. The topological polar surface area (TPSA) is 58.6 Å². The van der Waals surface area contributed by atoms with E-state index in [1.807, 2.05) is 60.7 Å². The number of hydrogen-bond acceptors (Lipinski definition) is 3. The Hall–Kier alpha value is -2.17. The van der Waals surface area contributed by atoms with Gasteiger partial charge >= 0.3 is 0 Å². The van der Waals surface area contributed by atoms with Crippen molar-refractivity contribution < 1.29 is 14.6 Å². The number of ether oxygens (including phenoxy) is 1. The van der Waals surface area contributed by atoms with Gasteiger partial charge in [0.2, 0.25) is 5.91 Å². The third-order valence-corrected chi connectivity index (χ3v) is 4.69. The zero-order valence-corrected chi connectivity index (χ0v) is 14.3. The molecule has 2 aromatic rings. The standard InChI is InChI=1S/C21H25NO3/c23-20(18-9-5-2-6-10-18)14-21(24)22-19(13-16-11-12-25-15-16)17-7-3-1-4-8-17/h1-10,16,19-20,23H,11-15H2,(H,22,24). The van der Waals surface area contributed by atoms with Crippen molar-refractivity contribution in [1.29, 1.82) is 0 Å². The number of hydrogen-bond donors (Lipinski definition) is 2. The van der Waals surface area contributed by atoms with Crippen molar-refractivity contribution in [1.82, 2.24) is 5.32 Å². The Balaban J connectivity index is 1.63. The van der Waals surface area contributed by atoms with Crippen LogP contribution >= 0.6 is 0 Å². The third kappa shape index (κ3) is 5.15. The van der Waals surface area contributed by atoms with Crippen molar-refractivity contribution >= 4 is 5.91 Å². The molecule has 1 aliphatic rings. The van der Waals surface area contributed by atoms with Crippen LogP contribution in [0.4, 0.5) is 0 Å². The maximum Gasteiger partial charge on any atom is 0.223 e. The van der Waals surface area contributed by atoms with E-state index in [0.29, 0.717) is 5.92 Å². The molecule has 4 nitrogen and oxygen atoms in total. The first-order valence-electron chi connectivity index (χ1n) is 8.87. The molecule has 0 saturated carbocycles. The fraction of sp³-hybridized carbons (Fsp3) is 0.381. The average molecular weight is 339 g/mol. The van der Waals surface area contributed by atoms with Crippen LogP contribution in [0.2, 0.25) is 0 Å². The van der Waals surface area contributed by atoms with Crippen LogP contribution in [-0.2, 0) is 9.53 Å². The van der Waals surface area contributed by atoms with Crippen LogP contribution in [0, 0.1) is 5.92 Å². The van der Waals surface area contributed by atoms with E-state index in [4.69, 9.17) is 4.74 Å². The van der Waals surface area contributed by atoms with Crippen LogP contribution in [0.5, 0.6) is 0 Å². The molecule has 0 aliphatic carbocycles. The Bertz CT molecular complexity index is 653. The fourth-order valence-corrected chi connectivity index (χ4v) is 3.29. The van der Waals surface area contributed by atoms with Crippen LogP contribution in [0.1, 0.15) is 42.5 Å². The normalized spacial score (nSPS) is 19.3. The van der Waals surface area contributed by atoms with Crippen molar-refractivity contribution in [2.24, 2.45) is 5.92 Å². The van der Waals surface area contributed by atoms with Crippen molar-refractivity contribution in [2.45, 2.75) is 31.4 Å². The highest BCUT2D eigenvalue weighted by Crippen LogP contribution is 2.27. The summed E-state index contributed by atoms with van der Waals surface area (Å²) in [4.78, 5) is 12.5. The number of benzene rings is 2. The van der Waals surface area contributed by atoms with Gasteiger partial charge in [-0.25, -0.2) is 0 Å². The lowest BCUT2D eigenvalue weighted by molar-refractivity contribution is -0.124. The van der Waals surface area contributed by atoms with Crippen LogP contribution in [0.25, 0.3) is 0 Å². The Labute approximate surface area is 148 Å². The highest BCUT2D eigenvalue weighted by Gasteiger charge is 2.24. The minimum absolute atomic E-state index is 0.0524. The Kier molecular flexibility index (Phi) is 6.20.